The van der Waals surface area contributed by atoms with Gasteiger partial charge in [-0.1, -0.05) is 54.7 Å². The van der Waals surface area contributed by atoms with Crippen LogP contribution in [0.25, 0.3) is 0 Å². The lowest BCUT2D eigenvalue weighted by molar-refractivity contribution is -0.121. The van der Waals surface area contributed by atoms with Crippen LogP contribution in [0.5, 0.6) is 5.75 Å². The molecule has 0 saturated carbocycles. The monoisotopic (exact) mass is 491 g/mol. The smallest absolute Gasteiger partial charge is 0.232 e. The summed E-state index contributed by atoms with van der Waals surface area (Å²) in [6.07, 6.45) is 1.03. The number of amides is 1. The van der Waals surface area contributed by atoms with Gasteiger partial charge >= 0.3 is 0 Å². The Hall–Kier alpha value is -2.01. The number of methoxy groups -OCH3 is 1. The number of carbonyl (C=O) groups excluding carboxylic acids is 2. The lowest BCUT2D eigenvalue weighted by Crippen LogP contribution is -2.44. The van der Waals surface area contributed by atoms with Gasteiger partial charge in [0.2, 0.25) is 5.91 Å². The number of rotatable bonds is 3. The van der Waals surface area contributed by atoms with Gasteiger partial charge in [0.15, 0.2) is 5.78 Å². The molecule has 1 amide bonds. The highest BCUT2D eigenvalue weighted by Crippen LogP contribution is 2.51. The van der Waals surface area contributed by atoms with Gasteiger partial charge in [-0.3, -0.25) is 14.5 Å². The van der Waals surface area contributed by atoms with Crippen LogP contribution in [-0.2, 0) is 9.59 Å². The van der Waals surface area contributed by atoms with Crippen molar-refractivity contribution in [2.45, 2.75) is 46.0 Å². The summed E-state index contributed by atoms with van der Waals surface area (Å²) in [5, 5.41) is 1.45. The minimum Gasteiger partial charge on any atom is -0.495 e. The van der Waals surface area contributed by atoms with Crippen molar-refractivity contribution in [3.8, 4) is 5.75 Å². The van der Waals surface area contributed by atoms with Gasteiger partial charge < -0.3 is 4.74 Å². The molecule has 1 aliphatic carbocycles. The standard InChI is InChI=1S/C25H24Cl3NO3/c1-13-8-18(21(32-4)10-17(13)28)29-19-11-25(2,3)12-20(30)24(19)14(9-22(29)31)23-15(26)6-5-7-16(23)27/h5-8,10,14H,9,11-12H2,1-4H3. The van der Waals surface area contributed by atoms with E-state index in [0.29, 0.717) is 56.2 Å². The average molecular weight is 493 g/mol. The molecule has 0 aromatic heterocycles. The molecular weight excluding hydrogens is 469 g/mol. The van der Waals surface area contributed by atoms with Crippen LogP contribution < -0.4 is 9.64 Å². The number of carbonyl (C=O) groups is 2. The molecule has 0 radical (unpaired) electrons. The van der Waals surface area contributed by atoms with E-state index in [-0.39, 0.29) is 23.5 Å². The van der Waals surface area contributed by atoms with Gasteiger partial charge in [0.05, 0.1) is 12.8 Å². The van der Waals surface area contributed by atoms with E-state index in [9.17, 15) is 9.59 Å². The van der Waals surface area contributed by atoms with Crippen LogP contribution in [0.15, 0.2) is 41.6 Å². The molecule has 168 valence electrons. The molecule has 0 bridgehead atoms. The number of halogens is 3. The molecule has 0 saturated heterocycles. The molecule has 2 aromatic carbocycles. The maximum Gasteiger partial charge on any atom is 0.232 e. The first-order chi connectivity index (χ1) is 15.0. The summed E-state index contributed by atoms with van der Waals surface area (Å²) in [5.41, 5.74) is 3.02. The number of benzene rings is 2. The normalized spacial score (nSPS) is 20.5. The fourth-order valence-electron chi connectivity index (χ4n) is 4.77. The van der Waals surface area contributed by atoms with E-state index >= 15 is 0 Å². The van der Waals surface area contributed by atoms with E-state index < -0.39 is 5.92 Å². The van der Waals surface area contributed by atoms with Gasteiger partial charge in [0.1, 0.15) is 5.75 Å². The number of hydrogen-bond donors (Lipinski definition) is 0. The van der Waals surface area contributed by atoms with Crippen molar-refractivity contribution in [3.05, 3.63) is 67.8 Å². The van der Waals surface area contributed by atoms with Crippen LogP contribution in [-0.4, -0.2) is 18.8 Å². The second-order valence-electron chi connectivity index (χ2n) is 9.20. The SMILES string of the molecule is COc1cc(Cl)c(C)cc1N1C(=O)CC(c2c(Cl)cccc2Cl)C2=C1CC(C)(C)CC2=O. The van der Waals surface area contributed by atoms with Gasteiger partial charge in [0, 0.05) is 51.2 Å². The van der Waals surface area contributed by atoms with Crippen molar-refractivity contribution in [1.29, 1.82) is 0 Å². The van der Waals surface area contributed by atoms with E-state index in [2.05, 4.69) is 0 Å². The summed E-state index contributed by atoms with van der Waals surface area (Å²) < 4.78 is 5.56. The maximum atomic E-state index is 13.6. The number of hydrogen-bond acceptors (Lipinski definition) is 3. The highest BCUT2D eigenvalue weighted by Gasteiger charge is 2.45. The highest BCUT2D eigenvalue weighted by atomic mass is 35.5. The molecular formula is C25H24Cl3NO3. The number of Topliss-reactive ketones (excluding diaryl/α,β-unsaturated/α-hetero) is 1. The first-order valence-electron chi connectivity index (χ1n) is 10.4. The van der Waals surface area contributed by atoms with Crippen molar-refractivity contribution >= 4 is 52.2 Å². The Morgan fingerprint density at radius 1 is 1.03 bits per heavy atom. The Morgan fingerprint density at radius 3 is 2.31 bits per heavy atom. The molecule has 0 fully saturated rings. The Labute approximate surface area is 203 Å². The topological polar surface area (TPSA) is 46.6 Å². The van der Waals surface area contributed by atoms with Gasteiger partial charge in [-0.05, 0) is 48.1 Å². The van der Waals surface area contributed by atoms with Crippen LogP contribution in [0.1, 0.15) is 50.2 Å². The molecule has 2 aliphatic rings. The van der Waals surface area contributed by atoms with Crippen LogP contribution >= 0.6 is 34.8 Å². The average Bonchev–Trinajstić information content (AvgIpc) is 2.68. The molecule has 1 aliphatic heterocycles. The zero-order chi connectivity index (χ0) is 23.4. The predicted octanol–water partition coefficient (Wildman–Crippen LogP) is 7.13. The third-order valence-corrected chi connectivity index (χ3v) is 7.26. The molecule has 32 heavy (non-hydrogen) atoms. The molecule has 4 rings (SSSR count). The van der Waals surface area contributed by atoms with Crippen LogP contribution in [0.4, 0.5) is 5.69 Å². The molecule has 7 heteroatoms. The maximum absolute atomic E-state index is 13.6. The number of ketones is 1. The second-order valence-corrected chi connectivity index (χ2v) is 10.4. The minimum atomic E-state index is -0.488. The van der Waals surface area contributed by atoms with Gasteiger partial charge in [-0.25, -0.2) is 0 Å². The number of nitrogens with zero attached hydrogens (tertiary/aromatic N) is 1. The fourth-order valence-corrected chi connectivity index (χ4v) is 5.59. The van der Waals surface area contributed by atoms with Crippen LogP contribution in [0, 0.1) is 12.3 Å². The molecule has 2 aromatic rings. The van der Waals surface area contributed by atoms with E-state index in [1.165, 1.54) is 7.11 Å². The van der Waals surface area contributed by atoms with Gasteiger partial charge in [-0.15, -0.1) is 0 Å². The minimum absolute atomic E-state index is 0.0133. The van der Waals surface area contributed by atoms with E-state index in [1.807, 2.05) is 26.8 Å². The summed E-state index contributed by atoms with van der Waals surface area (Å²) >= 11 is 19.3. The first-order valence-corrected chi connectivity index (χ1v) is 11.5. The molecule has 0 spiro atoms. The van der Waals surface area contributed by atoms with Crippen molar-refractivity contribution in [2.75, 3.05) is 12.0 Å². The van der Waals surface area contributed by atoms with Crippen LogP contribution in [0.2, 0.25) is 15.1 Å². The number of ether oxygens (including phenoxy) is 1. The second kappa shape index (κ2) is 8.40. The van der Waals surface area contributed by atoms with E-state index in [0.717, 1.165) is 5.56 Å². The Bertz CT molecular complexity index is 1150. The summed E-state index contributed by atoms with van der Waals surface area (Å²) in [6, 6.07) is 8.77. The molecule has 1 unspecified atom stereocenters. The van der Waals surface area contributed by atoms with Crippen molar-refractivity contribution < 1.29 is 14.3 Å². The number of aryl methyl sites for hydroxylation is 1. The molecule has 1 atom stereocenters. The van der Waals surface area contributed by atoms with Crippen molar-refractivity contribution in [2.24, 2.45) is 5.41 Å². The predicted molar refractivity (Wildman–Crippen MR) is 129 cm³/mol. The Morgan fingerprint density at radius 2 is 1.69 bits per heavy atom. The number of anilines is 1. The molecule has 1 heterocycles. The molecule has 0 N–H and O–H groups in total. The van der Waals surface area contributed by atoms with Crippen LogP contribution in [0.3, 0.4) is 0 Å². The first kappa shape index (κ1) is 23.2. The highest BCUT2D eigenvalue weighted by molar-refractivity contribution is 6.36. The zero-order valence-corrected chi connectivity index (χ0v) is 20.7. The summed E-state index contributed by atoms with van der Waals surface area (Å²) in [4.78, 5) is 28.8. The zero-order valence-electron chi connectivity index (χ0n) is 18.4. The molecule has 4 nitrogen and oxygen atoms in total. The summed E-state index contributed by atoms with van der Waals surface area (Å²) in [5.74, 6) is -0.140. The Kier molecular flexibility index (Phi) is 6.08. The van der Waals surface area contributed by atoms with E-state index in [1.54, 1.807) is 29.2 Å². The summed E-state index contributed by atoms with van der Waals surface area (Å²) in [6.45, 7) is 5.94. The van der Waals surface area contributed by atoms with E-state index in [4.69, 9.17) is 39.5 Å². The summed E-state index contributed by atoms with van der Waals surface area (Å²) in [7, 11) is 1.54. The lowest BCUT2D eigenvalue weighted by Gasteiger charge is -2.43. The fraction of sp³-hybridized carbons (Fsp3) is 0.360. The third-order valence-electron chi connectivity index (χ3n) is 6.19. The largest absolute Gasteiger partial charge is 0.495 e. The quantitative estimate of drug-likeness (QED) is 0.458. The number of allylic oxidation sites excluding steroid dienone is 2. The van der Waals surface area contributed by atoms with Gasteiger partial charge in [0.25, 0.3) is 0 Å². The lowest BCUT2D eigenvalue weighted by atomic mass is 9.69. The van der Waals surface area contributed by atoms with Crippen molar-refractivity contribution in [3.63, 3.8) is 0 Å². The Balaban J connectivity index is 1.99. The third kappa shape index (κ3) is 3.93. The van der Waals surface area contributed by atoms with Gasteiger partial charge in [-0.2, -0.15) is 0 Å². The van der Waals surface area contributed by atoms with Crippen molar-refractivity contribution in [1.82, 2.24) is 0 Å².